The van der Waals surface area contributed by atoms with Crippen molar-refractivity contribution in [2.24, 2.45) is 11.8 Å². The lowest BCUT2D eigenvalue weighted by Crippen LogP contribution is -2.39. The molecular weight excluding hydrogens is 345 g/mol. The minimum Gasteiger partial charge on any atom is -0.481 e. The van der Waals surface area contributed by atoms with Crippen LogP contribution in [-0.2, 0) is 11.2 Å². The lowest BCUT2D eigenvalue weighted by atomic mass is 9.81. The van der Waals surface area contributed by atoms with Crippen LogP contribution in [0.5, 0.6) is 0 Å². The SMILES string of the molecule is CCCCC(C(=O)O)C1CCN(CCc2ccc(Cl)cc2Cl)CC1. The van der Waals surface area contributed by atoms with Crippen LogP contribution in [0.25, 0.3) is 0 Å². The van der Waals surface area contributed by atoms with Crippen molar-refractivity contribution >= 4 is 29.2 Å². The van der Waals surface area contributed by atoms with Crippen molar-refractivity contribution in [3.8, 4) is 0 Å². The predicted molar refractivity (Wildman–Crippen MR) is 100.0 cm³/mol. The fourth-order valence-electron chi connectivity index (χ4n) is 3.57. The van der Waals surface area contributed by atoms with Gasteiger partial charge in [0.2, 0.25) is 0 Å². The molecule has 1 aliphatic rings. The molecule has 0 amide bonds. The van der Waals surface area contributed by atoms with Gasteiger partial charge in [-0.2, -0.15) is 0 Å². The highest BCUT2D eigenvalue weighted by Gasteiger charge is 2.30. The summed E-state index contributed by atoms with van der Waals surface area (Å²) in [4.78, 5) is 13.9. The molecule has 0 saturated carbocycles. The van der Waals surface area contributed by atoms with Crippen molar-refractivity contribution in [2.45, 2.75) is 45.4 Å². The number of unbranched alkanes of at least 4 members (excludes halogenated alkanes) is 1. The molecule has 0 aromatic heterocycles. The second-order valence-electron chi connectivity index (χ2n) is 6.75. The monoisotopic (exact) mass is 371 g/mol. The number of piperidine rings is 1. The predicted octanol–water partition coefficient (Wildman–Crippen LogP) is 5.14. The van der Waals surface area contributed by atoms with Crippen LogP contribution in [0.2, 0.25) is 10.0 Å². The molecule has 1 atom stereocenters. The molecule has 0 radical (unpaired) electrons. The smallest absolute Gasteiger partial charge is 0.306 e. The highest BCUT2D eigenvalue weighted by molar-refractivity contribution is 6.35. The molecule has 1 unspecified atom stereocenters. The van der Waals surface area contributed by atoms with Gasteiger partial charge in [-0.25, -0.2) is 0 Å². The van der Waals surface area contributed by atoms with Crippen LogP contribution in [0.1, 0.15) is 44.6 Å². The average molecular weight is 372 g/mol. The molecule has 134 valence electrons. The van der Waals surface area contributed by atoms with Crippen molar-refractivity contribution in [2.75, 3.05) is 19.6 Å². The van der Waals surface area contributed by atoms with Gasteiger partial charge in [0.25, 0.3) is 0 Å². The standard InChI is InChI=1S/C19H27Cl2NO2/c1-2-3-4-17(19(23)24)14-7-10-22(11-8-14)12-9-15-5-6-16(20)13-18(15)21/h5-6,13-14,17H,2-4,7-12H2,1H3,(H,23,24). The Hall–Kier alpha value is -0.770. The topological polar surface area (TPSA) is 40.5 Å². The Kier molecular flexibility index (Phi) is 7.86. The Balaban J connectivity index is 1.80. The van der Waals surface area contributed by atoms with Crippen molar-refractivity contribution in [3.05, 3.63) is 33.8 Å². The maximum atomic E-state index is 11.5. The highest BCUT2D eigenvalue weighted by atomic mass is 35.5. The molecule has 24 heavy (non-hydrogen) atoms. The van der Waals surface area contributed by atoms with E-state index in [1.165, 1.54) is 0 Å². The lowest BCUT2D eigenvalue weighted by Gasteiger charge is -2.34. The van der Waals surface area contributed by atoms with Crippen molar-refractivity contribution in [3.63, 3.8) is 0 Å². The first-order valence-corrected chi connectivity index (χ1v) is 9.66. The number of hydrogen-bond acceptors (Lipinski definition) is 2. The molecule has 0 aliphatic carbocycles. The fourth-order valence-corrected chi connectivity index (χ4v) is 4.07. The van der Waals surface area contributed by atoms with Gasteiger partial charge in [0.05, 0.1) is 5.92 Å². The van der Waals surface area contributed by atoms with E-state index in [2.05, 4.69) is 11.8 Å². The van der Waals surface area contributed by atoms with Crippen LogP contribution < -0.4 is 0 Å². The summed E-state index contributed by atoms with van der Waals surface area (Å²) in [5.74, 6) is -0.461. The minimum absolute atomic E-state index is 0.169. The highest BCUT2D eigenvalue weighted by Crippen LogP contribution is 2.29. The van der Waals surface area contributed by atoms with E-state index in [1.54, 1.807) is 6.07 Å². The van der Waals surface area contributed by atoms with E-state index in [0.29, 0.717) is 10.9 Å². The minimum atomic E-state index is -0.616. The van der Waals surface area contributed by atoms with Gasteiger partial charge in [0.1, 0.15) is 0 Å². The first-order chi connectivity index (χ1) is 11.5. The van der Waals surface area contributed by atoms with Gasteiger partial charge in [-0.15, -0.1) is 0 Å². The van der Waals surface area contributed by atoms with Gasteiger partial charge < -0.3 is 10.0 Å². The van der Waals surface area contributed by atoms with Crippen LogP contribution in [0.3, 0.4) is 0 Å². The van der Waals surface area contributed by atoms with Gasteiger partial charge in [0, 0.05) is 16.6 Å². The Labute approximate surface area is 154 Å². The van der Waals surface area contributed by atoms with Gasteiger partial charge in [0.15, 0.2) is 0 Å². The summed E-state index contributed by atoms with van der Waals surface area (Å²) in [5, 5.41) is 10.9. The third-order valence-electron chi connectivity index (χ3n) is 5.10. The molecule has 5 heteroatoms. The van der Waals surface area contributed by atoms with Gasteiger partial charge in [-0.1, -0.05) is 49.0 Å². The zero-order valence-electron chi connectivity index (χ0n) is 14.3. The third kappa shape index (κ3) is 5.65. The van der Waals surface area contributed by atoms with Crippen LogP contribution in [0.4, 0.5) is 0 Å². The van der Waals surface area contributed by atoms with Gasteiger partial charge in [-0.3, -0.25) is 4.79 Å². The molecule has 1 saturated heterocycles. The number of likely N-dealkylation sites (tertiary alicyclic amines) is 1. The first kappa shape index (κ1) is 19.6. The Morgan fingerprint density at radius 1 is 1.33 bits per heavy atom. The zero-order valence-corrected chi connectivity index (χ0v) is 15.8. The Morgan fingerprint density at radius 2 is 2.04 bits per heavy atom. The molecule has 1 aliphatic heterocycles. The fraction of sp³-hybridized carbons (Fsp3) is 0.632. The normalized spacial score (nSPS) is 17.8. The average Bonchev–Trinajstić information content (AvgIpc) is 2.55. The number of carbonyl (C=O) groups is 1. The van der Waals surface area contributed by atoms with E-state index in [0.717, 1.165) is 68.7 Å². The number of carboxylic acids is 1. The number of benzene rings is 1. The maximum absolute atomic E-state index is 11.5. The second kappa shape index (κ2) is 9.65. The van der Waals surface area contributed by atoms with Crippen LogP contribution in [0, 0.1) is 11.8 Å². The van der Waals surface area contributed by atoms with E-state index in [1.807, 2.05) is 12.1 Å². The number of carboxylic acid groups (broad SMARTS) is 1. The van der Waals surface area contributed by atoms with Crippen LogP contribution >= 0.6 is 23.2 Å². The Morgan fingerprint density at radius 3 is 2.62 bits per heavy atom. The van der Waals surface area contributed by atoms with Crippen molar-refractivity contribution in [1.29, 1.82) is 0 Å². The Bertz CT molecular complexity index is 542. The van der Waals surface area contributed by atoms with E-state index in [-0.39, 0.29) is 5.92 Å². The number of hydrogen-bond donors (Lipinski definition) is 1. The summed E-state index contributed by atoms with van der Waals surface area (Å²) in [7, 11) is 0. The number of rotatable bonds is 8. The van der Waals surface area contributed by atoms with Crippen molar-refractivity contribution < 1.29 is 9.90 Å². The van der Waals surface area contributed by atoms with E-state index < -0.39 is 5.97 Å². The van der Waals surface area contributed by atoms with Crippen LogP contribution in [0.15, 0.2) is 18.2 Å². The summed E-state index contributed by atoms with van der Waals surface area (Å²) >= 11 is 12.2. The van der Waals surface area contributed by atoms with E-state index >= 15 is 0 Å². The molecule has 1 aromatic carbocycles. The first-order valence-electron chi connectivity index (χ1n) is 8.90. The lowest BCUT2D eigenvalue weighted by molar-refractivity contribution is -0.144. The summed E-state index contributed by atoms with van der Waals surface area (Å²) in [6, 6.07) is 5.65. The molecule has 3 nitrogen and oxygen atoms in total. The number of aliphatic carboxylic acids is 1. The van der Waals surface area contributed by atoms with Gasteiger partial charge >= 0.3 is 5.97 Å². The molecule has 0 bridgehead atoms. The molecule has 1 N–H and O–H groups in total. The van der Waals surface area contributed by atoms with Crippen molar-refractivity contribution in [1.82, 2.24) is 4.90 Å². The van der Waals surface area contributed by atoms with Crippen LogP contribution in [-0.4, -0.2) is 35.6 Å². The summed E-state index contributed by atoms with van der Waals surface area (Å²) in [5.41, 5.74) is 1.12. The molecule has 1 aromatic rings. The summed E-state index contributed by atoms with van der Waals surface area (Å²) < 4.78 is 0. The zero-order chi connectivity index (χ0) is 17.5. The summed E-state index contributed by atoms with van der Waals surface area (Å²) in [6.07, 6.45) is 5.75. The number of halogens is 2. The molecule has 1 fully saturated rings. The molecule has 2 rings (SSSR count). The van der Waals surface area contributed by atoms with Gasteiger partial charge in [-0.05, 0) is 62.4 Å². The maximum Gasteiger partial charge on any atom is 0.306 e. The molecular formula is C19H27Cl2NO2. The second-order valence-corrected chi connectivity index (χ2v) is 7.60. The number of nitrogens with zero attached hydrogens (tertiary/aromatic N) is 1. The largest absolute Gasteiger partial charge is 0.481 e. The molecule has 1 heterocycles. The third-order valence-corrected chi connectivity index (χ3v) is 5.69. The molecule has 0 spiro atoms. The quantitative estimate of drug-likeness (QED) is 0.687. The summed E-state index contributed by atoms with van der Waals surface area (Å²) in [6.45, 7) is 5.03. The van der Waals surface area contributed by atoms with E-state index in [9.17, 15) is 9.90 Å². The van der Waals surface area contributed by atoms with E-state index in [4.69, 9.17) is 23.2 Å².